The summed E-state index contributed by atoms with van der Waals surface area (Å²) in [5.74, 6) is 0.328. The zero-order chi connectivity index (χ0) is 13.6. The molecular weight excluding hydrogens is 297 g/mol. The normalized spacial score (nSPS) is 11.3. The lowest BCUT2D eigenvalue weighted by molar-refractivity contribution is 0.319. The predicted octanol–water partition coefficient (Wildman–Crippen LogP) is 3.11. The number of rotatable bonds is 7. The van der Waals surface area contributed by atoms with Gasteiger partial charge in [-0.05, 0) is 24.6 Å². The first-order valence-corrected chi connectivity index (χ1v) is 8.04. The molecule has 0 unspecified atom stereocenters. The van der Waals surface area contributed by atoms with Crippen LogP contribution in [0.4, 0.5) is 5.69 Å². The summed E-state index contributed by atoms with van der Waals surface area (Å²) in [5, 5.41) is 0.433. The largest absolute Gasteiger partial charge is 0.491 e. The minimum atomic E-state index is -3.47. The first kappa shape index (κ1) is 15.4. The van der Waals surface area contributed by atoms with Gasteiger partial charge < -0.3 is 4.74 Å². The van der Waals surface area contributed by atoms with E-state index in [1.807, 2.05) is 6.92 Å². The molecule has 0 aliphatic rings. The number of nitrogens with one attached hydrogen (secondary N) is 1. The third-order valence-corrected chi connectivity index (χ3v) is 3.94. The zero-order valence-corrected chi connectivity index (χ0v) is 12.3. The van der Waals surface area contributed by atoms with Crippen LogP contribution < -0.4 is 9.46 Å². The van der Waals surface area contributed by atoms with E-state index in [9.17, 15) is 8.42 Å². The molecule has 102 valence electrons. The van der Waals surface area contributed by atoms with E-state index in [-0.39, 0.29) is 11.6 Å². The molecule has 18 heavy (non-hydrogen) atoms. The van der Waals surface area contributed by atoms with Gasteiger partial charge in [0.15, 0.2) is 0 Å². The van der Waals surface area contributed by atoms with Crippen LogP contribution in [0, 0.1) is 0 Å². The number of alkyl halides is 1. The zero-order valence-electron chi connectivity index (χ0n) is 9.95. The lowest BCUT2D eigenvalue weighted by atomic mass is 10.3. The van der Waals surface area contributed by atoms with Gasteiger partial charge >= 0.3 is 0 Å². The summed E-state index contributed by atoms with van der Waals surface area (Å²) in [6, 6.07) is 4.79. The summed E-state index contributed by atoms with van der Waals surface area (Å²) < 4.78 is 31.1. The van der Waals surface area contributed by atoms with Crippen LogP contribution in [-0.2, 0) is 10.0 Å². The third kappa shape index (κ3) is 4.92. The highest BCUT2D eigenvalue weighted by molar-refractivity contribution is 7.92. The molecule has 1 aromatic rings. The van der Waals surface area contributed by atoms with Crippen molar-refractivity contribution in [2.45, 2.75) is 13.3 Å². The summed E-state index contributed by atoms with van der Waals surface area (Å²) in [5.41, 5.74) is 0.334. The number of halogens is 2. The number of benzene rings is 1. The minimum Gasteiger partial charge on any atom is -0.491 e. The molecule has 0 spiro atoms. The van der Waals surface area contributed by atoms with Gasteiger partial charge in [-0.1, -0.05) is 18.5 Å². The molecule has 0 atom stereocenters. The monoisotopic (exact) mass is 311 g/mol. The van der Waals surface area contributed by atoms with E-state index < -0.39 is 10.0 Å². The van der Waals surface area contributed by atoms with Crippen molar-refractivity contribution in [2.75, 3.05) is 23.0 Å². The van der Waals surface area contributed by atoms with Crippen molar-refractivity contribution >= 4 is 38.9 Å². The van der Waals surface area contributed by atoms with Crippen LogP contribution in [0.15, 0.2) is 18.2 Å². The SMILES string of the molecule is CCCOc1ccc(Cl)cc1NS(=O)(=O)CCCl. The molecule has 1 N–H and O–H groups in total. The van der Waals surface area contributed by atoms with Gasteiger partial charge in [-0.2, -0.15) is 0 Å². The first-order valence-electron chi connectivity index (χ1n) is 5.47. The van der Waals surface area contributed by atoms with Crippen molar-refractivity contribution in [2.24, 2.45) is 0 Å². The van der Waals surface area contributed by atoms with E-state index in [1.165, 1.54) is 6.07 Å². The first-order chi connectivity index (χ1) is 8.48. The standard InChI is InChI=1S/C11H15Cl2NO3S/c1-2-6-17-11-4-3-9(13)8-10(11)14-18(15,16)7-5-12/h3-4,8,14H,2,5-7H2,1H3. The molecule has 0 aliphatic heterocycles. The Bertz CT molecular complexity index is 491. The number of sulfonamides is 1. The average Bonchev–Trinajstić information content (AvgIpc) is 2.27. The number of ether oxygens (including phenoxy) is 1. The second kappa shape index (κ2) is 7.07. The van der Waals surface area contributed by atoms with E-state index in [0.717, 1.165) is 6.42 Å². The molecule has 1 rings (SSSR count). The van der Waals surface area contributed by atoms with E-state index in [4.69, 9.17) is 27.9 Å². The highest BCUT2D eigenvalue weighted by Gasteiger charge is 2.13. The fraction of sp³-hybridized carbons (Fsp3) is 0.455. The molecule has 0 fully saturated rings. The van der Waals surface area contributed by atoms with Gasteiger partial charge in [-0.25, -0.2) is 8.42 Å². The van der Waals surface area contributed by atoms with Gasteiger partial charge in [0.1, 0.15) is 5.75 Å². The van der Waals surface area contributed by atoms with Crippen molar-refractivity contribution in [1.82, 2.24) is 0 Å². The summed E-state index contributed by atoms with van der Waals surface area (Å²) in [6.45, 7) is 2.47. The summed E-state index contributed by atoms with van der Waals surface area (Å²) in [7, 11) is -3.47. The third-order valence-electron chi connectivity index (χ3n) is 2.01. The molecule has 0 amide bonds. The fourth-order valence-electron chi connectivity index (χ4n) is 1.24. The lowest BCUT2D eigenvalue weighted by Gasteiger charge is -2.13. The molecule has 0 heterocycles. The molecule has 1 aromatic carbocycles. The van der Waals surface area contributed by atoms with Crippen molar-refractivity contribution in [3.05, 3.63) is 23.2 Å². The Morgan fingerprint density at radius 1 is 1.39 bits per heavy atom. The quantitative estimate of drug-likeness (QED) is 0.787. The molecule has 0 bridgehead atoms. The minimum absolute atomic E-state index is 0.0288. The Balaban J connectivity index is 2.95. The average molecular weight is 312 g/mol. The van der Waals surface area contributed by atoms with Gasteiger partial charge in [0.05, 0.1) is 18.0 Å². The second-order valence-electron chi connectivity index (χ2n) is 3.60. The van der Waals surface area contributed by atoms with Gasteiger partial charge in [0.25, 0.3) is 0 Å². The molecule has 0 aromatic heterocycles. The Morgan fingerprint density at radius 3 is 2.72 bits per heavy atom. The van der Waals surface area contributed by atoms with Crippen LogP contribution in [0.5, 0.6) is 5.75 Å². The van der Waals surface area contributed by atoms with E-state index in [0.29, 0.717) is 23.1 Å². The highest BCUT2D eigenvalue weighted by Crippen LogP contribution is 2.29. The maximum Gasteiger partial charge on any atom is 0.234 e. The Labute approximate surface area is 117 Å². The van der Waals surface area contributed by atoms with Crippen molar-refractivity contribution in [3.8, 4) is 5.75 Å². The second-order valence-corrected chi connectivity index (χ2v) is 6.26. The van der Waals surface area contributed by atoms with Crippen LogP contribution in [0.1, 0.15) is 13.3 Å². The molecule has 7 heteroatoms. The smallest absolute Gasteiger partial charge is 0.234 e. The molecular formula is C11H15Cl2NO3S. The number of hydrogen-bond acceptors (Lipinski definition) is 3. The molecule has 0 radical (unpaired) electrons. The van der Waals surface area contributed by atoms with Crippen LogP contribution in [0.2, 0.25) is 5.02 Å². The number of hydrogen-bond donors (Lipinski definition) is 1. The van der Waals surface area contributed by atoms with Crippen LogP contribution in [-0.4, -0.2) is 26.7 Å². The van der Waals surface area contributed by atoms with Gasteiger partial charge in [0, 0.05) is 10.9 Å². The van der Waals surface area contributed by atoms with Gasteiger partial charge in [0.2, 0.25) is 10.0 Å². The maximum atomic E-state index is 11.6. The molecule has 0 saturated carbocycles. The van der Waals surface area contributed by atoms with Crippen LogP contribution in [0.3, 0.4) is 0 Å². The topological polar surface area (TPSA) is 55.4 Å². The summed E-state index contributed by atoms with van der Waals surface area (Å²) in [6.07, 6.45) is 0.830. The van der Waals surface area contributed by atoms with E-state index in [1.54, 1.807) is 12.1 Å². The fourth-order valence-corrected chi connectivity index (χ4v) is 2.82. The van der Waals surface area contributed by atoms with Gasteiger partial charge in [-0.15, -0.1) is 11.6 Å². The van der Waals surface area contributed by atoms with Crippen LogP contribution in [0.25, 0.3) is 0 Å². The molecule has 4 nitrogen and oxygen atoms in total. The van der Waals surface area contributed by atoms with Crippen LogP contribution >= 0.6 is 23.2 Å². The highest BCUT2D eigenvalue weighted by atomic mass is 35.5. The van der Waals surface area contributed by atoms with E-state index >= 15 is 0 Å². The Kier molecular flexibility index (Phi) is 6.05. The number of anilines is 1. The van der Waals surface area contributed by atoms with Crippen molar-refractivity contribution in [1.29, 1.82) is 0 Å². The summed E-state index contributed by atoms with van der Waals surface area (Å²) >= 11 is 11.3. The maximum absolute atomic E-state index is 11.6. The Hall–Kier alpha value is -0.650. The molecule has 0 aliphatic carbocycles. The lowest BCUT2D eigenvalue weighted by Crippen LogP contribution is -2.18. The Morgan fingerprint density at radius 2 is 2.11 bits per heavy atom. The molecule has 0 saturated heterocycles. The van der Waals surface area contributed by atoms with Gasteiger partial charge in [-0.3, -0.25) is 4.72 Å². The van der Waals surface area contributed by atoms with E-state index in [2.05, 4.69) is 4.72 Å². The predicted molar refractivity (Wildman–Crippen MR) is 75.4 cm³/mol. The summed E-state index contributed by atoms with van der Waals surface area (Å²) in [4.78, 5) is 0. The van der Waals surface area contributed by atoms with Crippen molar-refractivity contribution in [3.63, 3.8) is 0 Å². The van der Waals surface area contributed by atoms with Crippen molar-refractivity contribution < 1.29 is 13.2 Å².